The molecule has 2 aliphatic rings. The van der Waals surface area contributed by atoms with Gasteiger partial charge in [0.25, 0.3) is 0 Å². The number of rotatable bonds is 19. The third-order valence-corrected chi connectivity index (χ3v) is 20.6. The van der Waals surface area contributed by atoms with Gasteiger partial charge in [-0.1, -0.05) is 267 Å². The van der Waals surface area contributed by atoms with Gasteiger partial charge in [0.1, 0.15) is 24.7 Å². The summed E-state index contributed by atoms with van der Waals surface area (Å²) in [6.45, 7) is 17.7. The van der Waals surface area contributed by atoms with E-state index in [1.807, 2.05) is 12.2 Å². The van der Waals surface area contributed by atoms with E-state index < -0.39 is 10.8 Å². The molecule has 2 aliphatic carbocycles. The van der Waals surface area contributed by atoms with Crippen LogP contribution in [0.3, 0.4) is 0 Å². The first kappa shape index (κ1) is 62.6. The molecule has 0 saturated carbocycles. The Labute approximate surface area is 588 Å². The molecule has 0 heterocycles. The predicted molar refractivity (Wildman–Crippen MR) is 417 cm³/mol. The minimum atomic E-state index is -0.646. The minimum absolute atomic E-state index is 0.470. The highest BCUT2D eigenvalue weighted by Crippen LogP contribution is 2.60. The van der Waals surface area contributed by atoms with E-state index in [-0.39, 0.29) is 0 Å². The molecule has 0 saturated heterocycles. The molecule has 0 bridgehead atoms. The Bertz CT molecular complexity index is 5010. The normalized spacial score (nSPS) is 14.6. The summed E-state index contributed by atoms with van der Waals surface area (Å²) in [6, 6.07) is 120. The Hall–Kier alpha value is -12.2. The molecule has 100 heavy (non-hydrogen) atoms. The molecular formula is C96H76N2O2. The van der Waals surface area contributed by atoms with Gasteiger partial charge in [-0.05, 0) is 236 Å². The first-order valence-corrected chi connectivity index (χ1v) is 34.5. The number of para-hydroxylation sites is 2. The number of nitrogens with zero attached hydrogens (tertiary/aromatic N) is 2. The van der Waals surface area contributed by atoms with Crippen molar-refractivity contribution < 1.29 is 9.47 Å². The molecule has 14 aromatic carbocycles. The Morgan fingerprint density at radius 1 is 0.290 bits per heavy atom. The zero-order chi connectivity index (χ0) is 67.9. The zero-order valence-corrected chi connectivity index (χ0v) is 56.9. The lowest BCUT2D eigenvalue weighted by molar-refractivity contribution is 0.306. The Balaban J connectivity index is 0.752. The van der Waals surface area contributed by atoms with Gasteiger partial charge in [-0.25, -0.2) is 0 Å². The first-order valence-electron chi connectivity index (χ1n) is 34.5. The largest absolute Gasteiger partial charge is 0.489 e. The van der Waals surface area contributed by atoms with Crippen molar-refractivity contribution in [3.05, 3.63) is 430 Å². The summed E-state index contributed by atoms with van der Waals surface area (Å²) in [5, 5.41) is 0. The lowest BCUT2D eigenvalue weighted by Gasteiger charge is -2.36. The van der Waals surface area contributed by atoms with Crippen LogP contribution >= 0.6 is 0 Å². The Morgan fingerprint density at radius 3 is 1.01 bits per heavy atom. The van der Waals surface area contributed by atoms with Gasteiger partial charge >= 0.3 is 0 Å². The molecule has 0 fully saturated rings. The Kier molecular flexibility index (Phi) is 16.5. The standard InChI is InChI=1S/C96H76N2O2/c1-7-69-31-35-71(36-32-69)63-99-83-53-43-75(44-54-83)95(91-59-65(3)27-29-67(91)5)89-25-17-15-23-85(89)87-57-51-81(61-93(87)95)97(77-19-11-9-12-20-77)79-47-39-73(40-48-79)74-41-49-80(50-42-74)98(78-21-13-10-14-22-78)82-52-58-88-86-24-16-18-26-90(86)96(94(88)62-82,92-60-66(4)28-30-68(92)6)76-45-55-84(56-46-76)100-64-72-37-33-70(8-2)34-38-72/h7-62H,1-2,63-64H2,3-6H3. The van der Waals surface area contributed by atoms with Crippen LogP contribution in [0, 0.1) is 27.7 Å². The number of anilines is 6. The topological polar surface area (TPSA) is 24.9 Å². The lowest BCUT2D eigenvalue weighted by atomic mass is 9.66. The van der Waals surface area contributed by atoms with E-state index in [1.165, 1.54) is 89.0 Å². The van der Waals surface area contributed by atoms with Gasteiger partial charge in [0.15, 0.2) is 0 Å². The molecular weight excluding hydrogens is 1210 g/mol. The summed E-state index contributed by atoms with van der Waals surface area (Å²) < 4.78 is 12.9. The second-order valence-corrected chi connectivity index (χ2v) is 26.6. The van der Waals surface area contributed by atoms with Crippen LogP contribution in [0.4, 0.5) is 34.1 Å². The van der Waals surface area contributed by atoms with Crippen LogP contribution in [-0.4, -0.2) is 0 Å². The minimum Gasteiger partial charge on any atom is -0.489 e. The molecule has 2 atom stereocenters. The van der Waals surface area contributed by atoms with Crippen molar-refractivity contribution in [3.8, 4) is 44.9 Å². The lowest BCUT2D eigenvalue weighted by Crippen LogP contribution is -2.30. The van der Waals surface area contributed by atoms with E-state index in [2.05, 4.69) is 378 Å². The summed E-state index contributed by atoms with van der Waals surface area (Å²) in [5.74, 6) is 1.64. The molecule has 16 rings (SSSR count). The van der Waals surface area contributed by atoms with E-state index in [1.54, 1.807) is 0 Å². The SMILES string of the molecule is C=Cc1ccc(COc2ccc(C3(c4cc(C)ccc4C)c4ccccc4-c4ccc(N(c5ccccc5)c5ccc(-c6ccc(N(c7ccccc7)c7ccc8c(c7)C(c7ccc(OCc9ccc(C=C)cc9)cc7)(c7cc(C)ccc7C)c7ccccc7-8)cc6)cc5)cc43)cc2)cc1. The molecule has 0 N–H and O–H groups in total. The van der Waals surface area contributed by atoms with Crippen LogP contribution < -0.4 is 19.3 Å². The van der Waals surface area contributed by atoms with Gasteiger partial charge in [0.05, 0.1) is 10.8 Å². The highest BCUT2D eigenvalue weighted by Gasteiger charge is 2.49. The summed E-state index contributed by atoms with van der Waals surface area (Å²) >= 11 is 0. The first-order chi connectivity index (χ1) is 49.1. The van der Waals surface area contributed by atoms with Gasteiger partial charge in [-0.3, -0.25) is 0 Å². The van der Waals surface area contributed by atoms with Gasteiger partial charge in [-0.2, -0.15) is 0 Å². The van der Waals surface area contributed by atoms with Crippen molar-refractivity contribution in [2.24, 2.45) is 0 Å². The number of ether oxygens (including phenoxy) is 2. The second-order valence-electron chi connectivity index (χ2n) is 26.6. The maximum Gasteiger partial charge on any atom is 0.119 e. The van der Waals surface area contributed by atoms with E-state index in [0.717, 1.165) is 79.0 Å². The average Bonchev–Trinajstić information content (AvgIpc) is 1.54. The third kappa shape index (κ3) is 11.1. The monoisotopic (exact) mass is 1290 g/mol. The maximum atomic E-state index is 6.47. The Morgan fingerprint density at radius 2 is 0.630 bits per heavy atom. The summed E-state index contributed by atoms with van der Waals surface area (Å²) in [6.07, 6.45) is 3.73. The second kappa shape index (κ2) is 26.3. The molecule has 0 aromatic heterocycles. The zero-order valence-electron chi connectivity index (χ0n) is 56.9. The molecule has 4 nitrogen and oxygen atoms in total. The number of aryl methyl sites for hydroxylation is 4. The van der Waals surface area contributed by atoms with Gasteiger partial charge in [0.2, 0.25) is 0 Å². The molecule has 2 unspecified atom stereocenters. The van der Waals surface area contributed by atoms with Crippen LogP contribution in [0.1, 0.15) is 89.0 Å². The van der Waals surface area contributed by atoms with Crippen molar-refractivity contribution in [2.75, 3.05) is 9.80 Å². The van der Waals surface area contributed by atoms with Crippen LogP contribution in [-0.2, 0) is 24.0 Å². The van der Waals surface area contributed by atoms with Crippen molar-refractivity contribution in [3.63, 3.8) is 0 Å². The molecule has 0 aliphatic heterocycles. The summed E-state index contributed by atoms with van der Waals surface area (Å²) in [7, 11) is 0. The fraction of sp³-hybridized carbons (Fsp3) is 0.0833. The van der Waals surface area contributed by atoms with Gasteiger partial charge in [-0.15, -0.1) is 0 Å². The maximum absolute atomic E-state index is 6.47. The van der Waals surface area contributed by atoms with E-state index in [0.29, 0.717) is 13.2 Å². The fourth-order valence-corrected chi connectivity index (χ4v) is 15.7. The smallest absolute Gasteiger partial charge is 0.119 e. The van der Waals surface area contributed by atoms with Crippen molar-refractivity contribution >= 4 is 46.3 Å². The highest BCUT2D eigenvalue weighted by molar-refractivity contribution is 5.92. The van der Waals surface area contributed by atoms with Crippen LogP contribution in [0.2, 0.25) is 0 Å². The number of fused-ring (bicyclic) bond motifs is 6. The highest BCUT2D eigenvalue weighted by atomic mass is 16.5. The molecule has 0 radical (unpaired) electrons. The van der Waals surface area contributed by atoms with Gasteiger partial charge in [0, 0.05) is 34.1 Å². The fourth-order valence-electron chi connectivity index (χ4n) is 15.7. The van der Waals surface area contributed by atoms with E-state index >= 15 is 0 Å². The molecule has 14 aromatic rings. The number of benzene rings is 14. The van der Waals surface area contributed by atoms with E-state index in [9.17, 15) is 0 Å². The van der Waals surface area contributed by atoms with Crippen LogP contribution in [0.15, 0.2) is 341 Å². The number of hydrogen-bond acceptors (Lipinski definition) is 4. The molecule has 482 valence electrons. The van der Waals surface area contributed by atoms with Gasteiger partial charge < -0.3 is 19.3 Å². The van der Waals surface area contributed by atoms with E-state index in [4.69, 9.17) is 9.47 Å². The number of hydrogen-bond donors (Lipinski definition) is 0. The van der Waals surface area contributed by atoms with Crippen LogP contribution in [0.25, 0.3) is 45.5 Å². The predicted octanol–water partition coefficient (Wildman–Crippen LogP) is 24.7. The van der Waals surface area contributed by atoms with Crippen molar-refractivity contribution in [1.29, 1.82) is 0 Å². The third-order valence-electron chi connectivity index (χ3n) is 20.6. The molecule has 0 amide bonds. The van der Waals surface area contributed by atoms with Crippen molar-refractivity contribution in [1.82, 2.24) is 0 Å². The van der Waals surface area contributed by atoms with Crippen molar-refractivity contribution in [2.45, 2.75) is 51.7 Å². The molecule has 4 heteroatoms. The summed E-state index contributed by atoms with van der Waals surface area (Å²) in [4.78, 5) is 4.81. The quantitative estimate of drug-likeness (QED) is 0.0806. The summed E-state index contributed by atoms with van der Waals surface area (Å²) in [5.41, 5.74) is 31.5. The molecule has 0 spiro atoms. The average molecular weight is 1290 g/mol. The van der Waals surface area contributed by atoms with Crippen LogP contribution in [0.5, 0.6) is 11.5 Å².